The van der Waals surface area contributed by atoms with Gasteiger partial charge in [0, 0.05) is 17.0 Å². The van der Waals surface area contributed by atoms with Gasteiger partial charge in [0.1, 0.15) is 11.5 Å². The second-order valence-corrected chi connectivity index (χ2v) is 5.91. The van der Waals surface area contributed by atoms with Gasteiger partial charge in [0.25, 0.3) is 0 Å². The van der Waals surface area contributed by atoms with Crippen LogP contribution < -0.4 is 20.1 Å². The van der Waals surface area contributed by atoms with Crippen LogP contribution >= 0.6 is 11.3 Å². The molecule has 25 heavy (non-hydrogen) atoms. The maximum atomic E-state index is 12.2. The van der Waals surface area contributed by atoms with Crippen LogP contribution in [-0.4, -0.2) is 25.2 Å². The van der Waals surface area contributed by atoms with Crippen LogP contribution in [0.3, 0.4) is 0 Å². The Hall–Kier alpha value is -3.06. The molecule has 0 unspecified atom stereocenters. The van der Waals surface area contributed by atoms with E-state index in [0.29, 0.717) is 22.3 Å². The van der Waals surface area contributed by atoms with Crippen molar-refractivity contribution in [2.75, 3.05) is 24.9 Å². The molecular weight excluding hydrogens is 338 g/mol. The number of carbonyl (C=O) groups is 1. The lowest BCUT2D eigenvalue weighted by Gasteiger charge is -2.11. The second kappa shape index (κ2) is 7.67. The van der Waals surface area contributed by atoms with Crippen molar-refractivity contribution in [1.82, 2.24) is 4.98 Å². The van der Waals surface area contributed by atoms with Crippen LogP contribution in [0.5, 0.6) is 11.5 Å². The summed E-state index contributed by atoms with van der Waals surface area (Å²) in [6.45, 7) is 0. The predicted molar refractivity (Wildman–Crippen MR) is 99.7 cm³/mol. The number of amides is 2. The summed E-state index contributed by atoms with van der Waals surface area (Å²) < 4.78 is 10.4. The largest absolute Gasteiger partial charge is 0.497 e. The number of hydrogen-bond acceptors (Lipinski definition) is 5. The quantitative estimate of drug-likeness (QED) is 0.708. The summed E-state index contributed by atoms with van der Waals surface area (Å²) in [5, 5.41) is 7.90. The predicted octanol–water partition coefficient (Wildman–Crippen LogP) is 4.47. The van der Waals surface area contributed by atoms with Crippen molar-refractivity contribution < 1.29 is 14.3 Å². The zero-order valence-corrected chi connectivity index (χ0v) is 14.6. The normalized spacial score (nSPS) is 10.2. The first kappa shape index (κ1) is 16.8. The van der Waals surface area contributed by atoms with E-state index in [2.05, 4.69) is 15.6 Å². The van der Waals surface area contributed by atoms with Crippen LogP contribution in [0.25, 0.3) is 11.3 Å². The van der Waals surface area contributed by atoms with Gasteiger partial charge < -0.3 is 14.8 Å². The molecule has 1 aromatic heterocycles. The average Bonchev–Trinajstić information content (AvgIpc) is 3.11. The fourth-order valence-corrected chi connectivity index (χ4v) is 2.94. The minimum absolute atomic E-state index is 0.391. The third kappa shape index (κ3) is 4.07. The van der Waals surface area contributed by atoms with Gasteiger partial charge in [-0.15, -0.1) is 11.3 Å². The molecule has 0 aliphatic carbocycles. The zero-order chi connectivity index (χ0) is 17.6. The van der Waals surface area contributed by atoms with Gasteiger partial charge in [0.15, 0.2) is 5.13 Å². The number of hydrogen-bond donors (Lipinski definition) is 2. The minimum Gasteiger partial charge on any atom is -0.497 e. The molecule has 1 heterocycles. The molecule has 0 fully saturated rings. The van der Waals surface area contributed by atoms with Gasteiger partial charge in [-0.3, -0.25) is 5.32 Å². The Morgan fingerprint density at radius 2 is 1.84 bits per heavy atom. The van der Waals surface area contributed by atoms with Crippen LogP contribution in [0.1, 0.15) is 0 Å². The van der Waals surface area contributed by atoms with Crippen molar-refractivity contribution in [3.05, 3.63) is 53.9 Å². The number of aromatic nitrogens is 1. The molecule has 0 saturated carbocycles. The third-order valence-electron chi connectivity index (χ3n) is 3.45. The Bertz CT molecular complexity index is 865. The number of methoxy groups -OCH3 is 2. The number of thiazole rings is 1. The first-order valence-electron chi connectivity index (χ1n) is 7.50. The lowest BCUT2D eigenvalue weighted by molar-refractivity contribution is 0.262. The molecule has 2 amide bonds. The minimum atomic E-state index is -0.391. The van der Waals surface area contributed by atoms with Crippen LogP contribution in [0.2, 0.25) is 0 Å². The SMILES string of the molecule is COc1ccc(NC(=O)Nc2nc(-c3ccccc3)cs2)c(OC)c1. The highest BCUT2D eigenvalue weighted by Crippen LogP contribution is 2.29. The summed E-state index contributed by atoms with van der Waals surface area (Å²) >= 11 is 1.36. The molecule has 3 rings (SSSR count). The average molecular weight is 355 g/mol. The molecule has 2 N–H and O–H groups in total. The van der Waals surface area contributed by atoms with E-state index < -0.39 is 6.03 Å². The molecule has 0 aliphatic rings. The summed E-state index contributed by atoms with van der Waals surface area (Å²) in [6.07, 6.45) is 0. The molecule has 7 heteroatoms. The summed E-state index contributed by atoms with van der Waals surface area (Å²) in [5.41, 5.74) is 2.37. The second-order valence-electron chi connectivity index (χ2n) is 5.05. The molecule has 0 spiro atoms. The maximum absolute atomic E-state index is 12.2. The number of benzene rings is 2. The van der Waals surface area contributed by atoms with Crippen molar-refractivity contribution >= 4 is 28.2 Å². The summed E-state index contributed by atoms with van der Waals surface area (Å²) in [7, 11) is 3.10. The first-order chi connectivity index (χ1) is 12.2. The van der Waals surface area contributed by atoms with Crippen LogP contribution in [0, 0.1) is 0 Å². The number of rotatable bonds is 5. The molecule has 0 saturated heterocycles. The number of ether oxygens (including phenoxy) is 2. The molecule has 0 atom stereocenters. The van der Waals surface area contributed by atoms with Gasteiger partial charge in [-0.1, -0.05) is 30.3 Å². The van der Waals surface area contributed by atoms with Crippen molar-refractivity contribution in [1.29, 1.82) is 0 Å². The molecule has 0 radical (unpaired) electrons. The Labute approximate surface area is 149 Å². The third-order valence-corrected chi connectivity index (χ3v) is 4.21. The van der Waals surface area contributed by atoms with Gasteiger partial charge in [-0.05, 0) is 12.1 Å². The van der Waals surface area contributed by atoms with Gasteiger partial charge in [-0.25, -0.2) is 9.78 Å². The van der Waals surface area contributed by atoms with E-state index in [1.165, 1.54) is 18.4 Å². The van der Waals surface area contributed by atoms with E-state index in [4.69, 9.17) is 9.47 Å². The molecule has 0 aliphatic heterocycles. The van der Waals surface area contributed by atoms with Crippen molar-refractivity contribution in [3.63, 3.8) is 0 Å². The van der Waals surface area contributed by atoms with Crippen LogP contribution in [0.15, 0.2) is 53.9 Å². The molecule has 2 aromatic carbocycles. The van der Waals surface area contributed by atoms with Gasteiger partial charge >= 0.3 is 6.03 Å². The molecule has 0 bridgehead atoms. The monoisotopic (exact) mass is 355 g/mol. The Morgan fingerprint density at radius 1 is 1.04 bits per heavy atom. The topological polar surface area (TPSA) is 72.5 Å². The fraction of sp³-hybridized carbons (Fsp3) is 0.111. The number of urea groups is 1. The standard InChI is InChI=1S/C18H17N3O3S/c1-23-13-8-9-14(16(10-13)24-2)19-17(22)21-18-20-15(11-25-18)12-6-4-3-5-7-12/h3-11H,1-2H3,(H2,19,20,21,22). The van der Waals surface area contributed by atoms with Gasteiger partial charge in [0.05, 0.1) is 25.6 Å². The van der Waals surface area contributed by atoms with Gasteiger partial charge in [-0.2, -0.15) is 0 Å². The number of nitrogens with zero attached hydrogens (tertiary/aromatic N) is 1. The summed E-state index contributed by atoms with van der Waals surface area (Å²) in [4.78, 5) is 16.6. The zero-order valence-electron chi connectivity index (χ0n) is 13.8. The van der Waals surface area contributed by atoms with Crippen molar-refractivity contribution in [2.45, 2.75) is 0 Å². The first-order valence-corrected chi connectivity index (χ1v) is 8.38. The highest BCUT2D eigenvalue weighted by atomic mass is 32.1. The lowest BCUT2D eigenvalue weighted by Crippen LogP contribution is -2.19. The smallest absolute Gasteiger partial charge is 0.325 e. The van der Waals surface area contributed by atoms with E-state index in [-0.39, 0.29) is 0 Å². The fourth-order valence-electron chi connectivity index (χ4n) is 2.23. The number of carbonyl (C=O) groups excluding carboxylic acids is 1. The summed E-state index contributed by atoms with van der Waals surface area (Å²) in [6, 6.07) is 14.6. The van der Waals surface area contributed by atoms with Crippen molar-refractivity contribution in [2.24, 2.45) is 0 Å². The lowest BCUT2D eigenvalue weighted by atomic mass is 10.2. The van der Waals surface area contributed by atoms with Crippen molar-refractivity contribution in [3.8, 4) is 22.8 Å². The number of anilines is 2. The van der Waals surface area contributed by atoms with Crippen LogP contribution in [-0.2, 0) is 0 Å². The molecule has 6 nitrogen and oxygen atoms in total. The van der Waals surface area contributed by atoms with E-state index >= 15 is 0 Å². The molecular formula is C18H17N3O3S. The van der Waals surface area contributed by atoms with Crippen LogP contribution in [0.4, 0.5) is 15.6 Å². The van der Waals surface area contributed by atoms with E-state index in [1.807, 2.05) is 35.7 Å². The molecule has 128 valence electrons. The van der Waals surface area contributed by atoms with E-state index in [1.54, 1.807) is 25.3 Å². The maximum Gasteiger partial charge on any atom is 0.325 e. The Balaban J connectivity index is 1.68. The van der Waals surface area contributed by atoms with E-state index in [0.717, 1.165) is 11.3 Å². The van der Waals surface area contributed by atoms with Gasteiger partial charge in [0.2, 0.25) is 0 Å². The Morgan fingerprint density at radius 3 is 2.56 bits per heavy atom. The molecule has 3 aromatic rings. The Kier molecular flexibility index (Phi) is 5.15. The van der Waals surface area contributed by atoms with E-state index in [9.17, 15) is 4.79 Å². The highest BCUT2D eigenvalue weighted by molar-refractivity contribution is 7.14. The summed E-state index contributed by atoms with van der Waals surface area (Å²) in [5.74, 6) is 1.16. The number of nitrogens with one attached hydrogen (secondary N) is 2. The highest BCUT2D eigenvalue weighted by Gasteiger charge is 2.11.